The molecule has 1 aliphatic heterocycles. The lowest BCUT2D eigenvalue weighted by molar-refractivity contribution is 0.488. The molecule has 0 amide bonds. The molecule has 1 atom stereocenters. The first-order chi connectivity index (χ1) is 6.36. The van der Waals surface area contributed by atoms with E-state index in [1.54, 1.807) is 0 Å². The molecule has 3 N–H and O–H groups in total. The second-order valence-electron chi connectivity index (χ2n) is 2.94. The molecule has 1 aromatic rings. The number of rotatable bonds is 1. The predicted octanol–water partition coefficient (Wildman–Crippen LogP) is 0.710. The summed E-state index contributed by atoms with van der Waals surface area (Å²) < 4.78 is 0. The van der Waals surface area contributed by atoms with E-state index in [0.29, 0.717) is 5.11 Å². The SMILES string of the molecule is S=C1NNCC(c2ccccc2)N1. The first-order valence-corrected chi connectivity index (χ1v) is 4.61. The van der Waals surface area contributed by atoms with Crippen LogP contribution in [0, 0.1) is 0 Å². The number of nitrogens with one attached hydrogen (secondary N) is 3. The summed E-state index contributed by atoms with van der Waals surface area (Å²) in [5, 5.41) is 3.84. The van der Waals surface area contributed by atoms with Gasteiger partial charge in [-0.05, 0) is 17.8 Å². The van der Waals surface area contributed by atoms with Gasteiger partial charge in [0.15, 0.2) is 5.11 Å². The molecule has 1 aliphatic rings. The van der Waals surface area contributed by atoms with Crippen molar-refractivity contribution in [2.75, 3.05) is 6.54 Å². The topological polar surface area (TPSA) is 36.1 Å². The monoisotopic (exact) mass is 193 g/mol. The third-order valence-electron chi connectivity index (χ3n) is 2.02. The van der Waals surface area contributed by atoms with E-state index in [4.69, 9.17) is 12.2 Å². The first kappa shape index (κ1) is 8.47. The second kappa shape index (κ2) is 3.72. The molecular formula is C9H11N3S. The average Bonchev–Trinajstić information content (AvgIpc) is 2.19. The van der Waals surface area contributed by atoms with Crippen molar-refractivity contribution in [1.82, 2.24) is 16.2 Å². The van der Waals surface area contributed by atoms with Crippen molar-refractivity contribution in [2.45, 2.75) is 6.04 Å². The van der Waals surface area contributed by atoms with E-state index in [1.165, 1.54) is 5.56 Å². The molecule has 0 radical (unpaired) electrons. The van der Waals surface area contributed by atoms with Gasteiger partial charge in [-0.1, -0.05) is 30.3 Å². The zero-order chi connectivity index (χ0) is 9.10. The summed E-state index contributed by atoms with van der Waals surface area (Å²) in [5.74, 6) is 0. The fourth-order valence-electron chi connectivity index (χ4n) is 1.37. The molecule has 1 unspecified atom stereocenters. The van der Waals surface area contributed by atoms with Crippen LogP contribution in [0.5, 0.6) is 0 Å². The molecule has 3 nitrogen and oxygen atoms in total. The van der Waals surface area contributed by atoms with Gasteiger partial charge in [-0.15, -0.1) is 0 Å². The molecule has 13 heavy (non-hydrogen) atoms. The van der Waals surface area contributed by atoms with Gasteiger partial charge in [0.2, 0.25) is 0 Å². The smallest absolute Gasteiger partial charge is 0.181 e. The number of benzene rings is 1. The molecule has 0 saturated carbocycles. The zero-order valence-electron chi connectivity index (χ0n) is 7.08. The molecule has 1 fully saturated rings. The summed E-state index contributed by atoms with van der Waals surface area (Å²) in [4.78, 5) is 0. The molecule has 0 bridgehead atoms. The van der Waals surface area contributed by atoms with Gasteiger partial charge in [0.1, 0.15) is 0 Å². The Morgan fingerprint density at radius 3 is 2.69 bits per heavy atom. The lowest BCUT2D eigenvalue weighted by Crippen LogP contribution is -2.54. The maximum atomic E-state index is 5.00. The largest absolute Gasteiger partial charge is 0.353 e. The van der Waals surface area contributed by atoms with Crippen LogP contribution < -0.4 is 16.2 Å². The summed E-state index contributed by atoms with van der Waals surface area (Å²) in [6.45, 7) is 0.837. The first-order valence-electron chi connectivity index (χ1n) is 4.20. The summed E-state index contributed by atoms with van der Waals surface area (Å²) >= 11 is 5.00. The van der Waals surface area contributed by atoms with Crippen LogP contribution in [0.1, 0.15) is 11.6 Å². The van der Waals surface area contributed by atoms with Crippen LogP contribution in [0.25, 0.3) is 0 Å². The molecule has 1 aromatic carbocycles. The van der Waals surface area contributed by atoms with Crippen LogP contribution in [0.2, 0.25) is 0 Å². The van der Waals surface area contributed by atoms with Crippen LogP contribution in [-0.2, 0) is 0 Å². The van der Waals surface area contributed by atoms with Crippen molar-refractivity contribution < 1.29 is 0 Å². The minimum atomic E-state index is 0.273. The van der Waals surface area contributed by atoms with Crippen molar-refractivity contribution in [3.05, 3.63) is 35.9 Å². The summed E-state index contributed by atoms with van der Waals surface area (Å²) in [5.41, 5.74) is 7.13. The highest BCUT2D eigenvalue weighted by molar-refractivity contribution is 7.80. The van der Waals surface area contributed by atoms with E-state index in [0.717, 1.165) is 6.54 Å². The molecule has 0 aliphatic carbocycles. The Kier molecular flexibility index (Phi) is 2.42. The molecule has 4 heteroatoms. The zero-order valence-corrected chi connectivity index (χ0v) is 7.90. The number of hydrogen-bond acceptors (Lipinski definition) is 2. The lowest BCUT2D eigenvalue weighted by atomic mass is 10.1. The van der Waals surface area contributed by atoms with Gasteiger partial charge in [-0.2, -0.15) is 0 Å². The van der Waals surface area contributed by atoms with Gasteiger partial charge in [0, 0.05) is 6.54 Å². The summed E-state index contributed by atoms with van der Waals surface area (Å²) in [7, 11) is 0. The molecule has 1 heterocycles. The minimum Gasteiger partial charge on any atom is -0.353 e. The number of thiocarbonyl (C=S) groups is 1. The maximum absolute atomic E-state index is 5.00. The van der Waals surface area contributed by atoms with Crippen molar-refractivity contribution in [2.24, 2.45) is 0 Å². The third kappa shape index (κ3) is 1.96. The van der Waals surface area contributed by atoms with Crippen molar-refractivity contribution in [1.29, 1.82) is 0 Å². The Labute approximate surface area is 82.5 Å². The maximum Gasteiger partial charge on any atom is 0.181 e. The van der Waals surface area contributed by atoms with E-state index >= 15 is 0 Å². The van der Waals surface area contributed by atoms with Crippen LogP contribution >= 0.6 is 12.2 Å². The Hall–Kier alpha value is -1.13. The highest BCUT2D eigenvalue weighted by Gasteiger charge is 2.15. The highest BCUT2D eigenvalue weighted by Crippen LogP contribution is 2.12. The predicted molar refractivity (Wildman–Crippen MR) is 56.1 cm³/mol. The average molecular weight is 193 g/mol. The van der Waals surface area contributed by atoms with Gasteiger partial charge in [0.25, 0.3) is 0 Å². The Morgan fingerprint density at radius 2 is 2.00 bits per heavy atom. The molecular weight excluding hydrogens is 182 g/mol. The molecule has 0 aromatic heterocycles. The number of hydrazine groups is 1. The van der Waals surface area contributed by atoms with Crippen molar-refractivity contribution in [3.63, 3.8) is 0 Å². The van der Waals surface area contributed by atoms with Crippen LogP contribution in [0.4, 0.5) is 0 Å². The Morgan fingerprint density at radius 1 is 1.23 bits per heavy atom. The van der Waals surface area contributed by atoms with Crippen LogP contribution in [0.3, 0.4) is 0 Å². The Balaban J connectivity index is 2.13. The summed E-state index contributed by atoms with van der Waals surface area (Å²) in [6.07, 6.45) is 0. The van der Waals surface area contributed by atoms with E-state index in [1.807, 2.05) is 18.2 Å². The van der Waals surface area contributed by atoms with Crippen molar-refractivity contribution in [3.8, 4) is 0 Å². The van der Waals surface area contributed by atoms with Crippen LogP contribution in [-0.4, -0.2) is 11.7 Å². The fraction of sp³-hybridized carbons (Fsp3) is 0.222. The van der Waals surface area contributed by atoms with Gasteiger partial charge < -0.3 is 5.32 Å². The van der Waals surface area contributed by atoms with E-state index in [9.17, 15) is 0 Å². The van der Waals surface area contributed by atoms with E-state index in [-0.39, 0.29) is 6.04 Å². The standard InChI is InChI=1S/C9H11N3S/c13-9-11-8(6-10-12-9)7-4-2-1-3-5-7/h1-5,8,10H,6H2,(H2,11,12,13). The van der Waals surface area contributed by atoms with E-state index < -0.39 is 0 Å². The van der Waals surface area contributed by atoms with E-state index in [2.05, 4.69) is 28.3 Å². The van der Waals surface area contributed by atoms with Crippen molar-refractivity contribution >= 4 is 17.3 Å². The van der Waals surface area contributed by atoms with Gasteiger partial charge >= 0.3 is 0 Å². The molecule has 68 valence electrons. The summed E-state index contributed by atoms with van der Waals surface area (Å²) in [6, 6.07) is 10.5. The van der Waals surface area contributed by atoms with Gasteiger partial charge in [-0.25, -0.2) is 5.43 Å². The highest BCUT2D eigenvalue weighted by atomic mass is 32.1. The molecule has 1 saturated heterocycles. The third-order valence-corrected chi connectivity index (χ3v) is 2.24. The van der Waals surface area contributed by atoms with Gasteiger partial charge in [-0.3, -0.25) is 5.43 Å². The fourth-order valence-corrected chi connectivity index (χ4v) is 1.58. The quantitative estimate of drug-likeness (QED) is 0.574. The molecule has 0 spiro atoms. The van der Waals surface area contributed by atoms with Crippen LogP contribution in [0.15, 0.2) is 30.3 Å². The minimum absolute atomic E-state index is 0.273. The lowest BCUT2D eigenvalue weighted by Gasteiger charge is -2.27. The van der Waals surface area contributed by atoms with Gasteiger partial charge in [0.05, 0.1) is 6.04 Å². The normalized spacial score (nSPS) is 21.8. The Bertz CT molecular complexity index is 299. The second-order valence-corrected chi connectivity index (χ2v) is 3.35. The number of hydrogen-bond donors (Lipinski definition) is 3. The molecule has 2 rings (SSSR count).